The van der Waals surface area contributed by atoms with Crippen LogP contribution in [-0.4, -0.2) is 36.1 Å². The van der Waals surface area contributed by atoms with Gasteiger partial charge in [0.2, 0.25) is 5.88 Å². The molecule has 0 amide bonds. The average molecular weight is 307 g/mol. The predicted octanol–water partition coefficient (Wildman–Crippen LogP) is 4.08. The molecule has 1 heterocycles. The summed E-state index contributed by atoms with van der Waals surface area (Å²) in [6.07, 6.45) is 3.32. The first-order valence-corrected chi connectivity index (χ1v) is 8.04. The highest BCUT2D eigenvalue weighted by Gasteiger charge is 2.07. The normalized spacial score (nSPS) is 11.2. The van der Waals surface area contributed by atoms with Crippen LogP contribution in [0.15, 0.2) is 30.3 Å². The number of alkyl halides is 1. The van der Waals surface area contributed by atoms with Crippen molar-refractivity contribution in [2.24, 2.45) is 0 Å². The molecule has 0 bridgehead atoms. The van der Waals surface area contributed by atoms with Crippen LogP contribution in [0.2, 0.25) is 0 Å². The Bertz CT molecular complexity index is 574. The van der Waals surface area contributed by atoms with Gasteiger partial charge in [-0.2, -0.15) is 0 Å². The molecule has 0 N–H and O–H groups in total. The summed E-state index contributed by atoms with van der Waals surface area (Å²) in [7, 11) is 1.97. The molecule has 0 aliphatic carbocycles. The molecule has 0 saturated carbocycles. The predicted molar refractivity (Wildman–Crippen MR) is 89.2 cm³/mol. The lowest BCUT2D eigenvalue weighted by molar-refractivity contribution is 0.250. The zero-order valence-corrected chi connectivity index (χ0v) is 13.6. The highest BCUT2D eigenvalue weighted by atomic mass is 35.5. The SMILES string of the molecule is CCCCc1cc2ccccc2c(OCCN(C)CCl)n1. The van der Waals surface area contributed by atoms with E-state index in [4.69, 9.17) is 16.3 Å². The Morgan fingerprint density at radius 3 is 2.86 bits per heavy atom. The number of benzene rings is 1. The number of aromatic nitrogens is 1. The van der Waals surface area contributed by atoms with Gasteiger partial charge >= 0.3 is 0 Å². The van der Waals surface area contributed by atoms with E-state index >= 15 is 0 Å². The van der Waals surface area contributed by atoms with Crippen LogP contribution < -0.4 is 4.74 Å². The molecule has 0 aliphatic rings. The van der Waals surface area contributed by atoms with Gasteiger partial charge in [-0.25, -0.2) is 4.98 Å². The third-order valence-corrected chi connectivity index (χ3v) is 3.87. The highest BCUT2D eigenvalue weighted by molar-refractivity contribution is 6.17. The van der Waals surface area contributed by atoms with E-state index in [0.29, 0.717) is 12.6 Å². The maximum atomic E-state index is 5.90. The van der Waals surface area contributed by atoms with E-state index in [2.05, 4.69) is 36.2 Å². The number of pyridine rings is 1. The lowest BCUT2D eigenvalue weighted by Gasteiger charge is -2.14. The van der Waals surface area contributed by atoms with Crippen LogP contribution in [0, 0.1) is 0 Å². The van der Waals surface area contributed by atoms with Crippen molar-refractivity contribution in [3.05, 3.63) is 36.0 Å². The molecule has 0 fully saturated rings. The summed E-state index contributed by atoms with van der Waals surface area (Å²) in [5, 5.41) is 2.27. The van der Waals surface area contributed by atoms with Crippen LogP contribution >= 0.6 is 11.6 Å². The molecule has 114 valence electrons. The van der Waals surface area contributed by atoms with Gasteiger partial charge in [0.15, 0.2) is 0 Å². The monoisotopic (exact) mass is 306 g/mol. The Balaban J connectivity index is 2.18. The molecule has 2 rings (SSSR count). The van der Waals surface area contributed by atoms with Crippen LogP contribution in [0.1, 0.15) is 25.5 Å². The lowest BCUT2D eigenvalue weighted by atomic mass is 10.1. The number of nitrogens with zero attached hydrogens (tertiary/aromatic N) is 2. The number of hydrogen-bond donors (Lipinski definition) is 0. The summed E-state index contributed by atoms with van der Waals surface area (Å²) in [5.41, 5.74) is 1.11. The maximum absolute atomic E-state index is 5.90. The van der Waals surface area contributed by atoms with Crippen molar-refractivity contribution in [2.45, 2.75) is 26.2 Å². The van der Waals surface area contributed by atoms with Crippen LogP contribution in [0.4, 0.5) is 0 Å². The Labute approximate surface area is 131 Å². The van der Waals surface area contributed by atoms with Crippen LogP contribution in [-0.2, 0) is 6.42 Å². The van der Waals surface area contributed by atoms with Crippen molar-refractivity contribution in [2.75, 3.05) is 26.2 Å². The second-order valence-corrected chi connectivity index (χ2v) is 5.53. The van der Waals surface area contributed by atoms with Gasteiger partial charge in [0.1, 0.15) is 6.61 Å². The number of ether oxygens (including phenoxy) is 1. The highest BCUT2D eigenvalue weighted by Crippen LogP contribution is 2.25. The van der Waals surface area contributed by atoms with Gasteiger partial charge in [-0.15, -0.1) is 11.6 Å². The van der Waals surface area contributed by atoms with Crippen molar-refractivity contribution in [3.63, 3.8) is 0 Å². The first-order chi connectivity index (χ1) is 10.2. The van der Waals surface area contributed by atoms with Gasteiger partial charge in [-0.3, -0.25) is 4.90 Å². The third-order valence-electron chi connectivity index (χ3n) is 3.46. The number of likely N-dealkylation sites (N-methyl/N-ethyl adjacent to an activating group) is 1. The topological polar surface area (TPSA) is 25.4 Å². The molecule has 0 saturated heterocycles. The number of halogens is 1. The second-order valence-electron chi connectivity index (χ2n) is 5.29. The van der Waals surface area contributed by atoms with E-state index in [1.807, 2.05) is 18.0 Å². The summed E-state index contributed by atoms with van der Waals surface area (Å²) < 4.78 is 5.90. The summed E-state index contributed by atoms with van der Waals surface area (Å²) in [4.78, 5) is 6.69. The zero-order valence-electron chi connectivity index (χ0n) is 12.8. The van der Waals surface area contributed by atoms with E-state index in [0.717, 1.165) is 36.3 Å². The molecular weight excluding hydrogens is 284 g/mol. The maximum Gasteiger partial charge on any atom is 0.221 e. The molecule has 0 radical (unpaired) electrons. The van der Waals surface area contributed by atoms with Crippen molar-refractivity contribution < 1.29 is 4.74 Å². The molecule has 0 aliphatic heterocycles. The van der Waals surface area contributed by atoms with Gasteiger partial charge in [-0.05, 0) is 37.4 Å². The number of rotatable bonds is 8. The van der Waals surface area contributed by atoms with Gasteiger partial charge in [0.25, 0.3) is 0 Å². The van der Waals surface area contributed by atoms with E-state index < -0.39 is 0 Å². The Morgan fingerprint density at radius 2 is 2.10 bits per heavy atom. The quantitative estimate of drug-likeness (QED) is 0.543. The lowest BCUT2D eigenvalue weighted by Crippen LogP contribution is -2.23. The second kappa shape index (κ2) is 8.20. The number of fused-ring (bicyclic) bond motifs is 1. The third kappa shape index (κ3) is 4.58. The average Bonchev–Trinajstić information content (AvgIpc) is 2.52. The summed E-state index contributed by atoms with van der Waals surface area (Å²) in [6.45, 7) is 3.58. The molecule has 1 aromatic heterocycles. The van der Waals surface area contributed by atoms with Crippen molar-refractivity contribution in [1.29, 1.82) is 0 Å². The number of aryl methyl sites for hydroxylation is 1. The molecular formula is C17H23ClN2O. The Hall–Kier alpha value is -1.32. The van der Waals surface area contributed by atoms with E-state index in [-0.39, 0.29) is 0 Å². The summed E-state index contributed by atoms with van der Waals surface area (Å²) in [6, 6.07) is 10.9. The van der Waals surface area contributed by atoms with Crippen LogP contribution in [0.3, 0.4) is 0 Å². The molecule has 0 spiro atoms. The fourth-order valence-electron chi connectivity index (χ4n) is 2.17. The molecule has 0 atom stereocenters. The van der Waals surface area contributed by atoms with Crippen molar-refractivity contribution >= 4 is 22.4 Å². The smallest absolute Gasteiger partial charge is 0.221 e. The number of hydrogen-bond acceptors (Lipinski definition) is 3. The van der Waals surface area contributed by atoms with Crippen LogP contribution in [0.5, 0.6) is 5.88 Å². The molecule has 0 unspecified atom stereocenters. The van der Waals surface area contributed by atoms with Gasteiger partial charge in [-0.1, -0.05) is 31.5 Å². The van der Waals surface area contributed by atoms with E-state index in [9.17, 15) is 0 Å². The Morgan fingerprint density at radius 1 is 1.29 bits per heavy atom. The summed E-state index contributed by atoms with van der Waals surface area (Å²) in [5.74, 6) is 0.738. The van der Waals surface area contributed by atoms with Gasteiger partial charge < -0.3 is 4.74 Å². The van der Waals surface area contributed by atoms with Crippen molar-refractivity contribution in [3.8, 4) is 5.88 Å². The Kier molecular flexibility index (Phi) is 6.27. The molecule has 1 aromatic carbocycles. The van der Waals surface area contributed by atoms with E-state index in [1.54, 1.807) is 0 Å². The first kappa shape index (κ1) is 16.1. The summed E-state index contributed by atoms with van der Waals surface area (Å²) >= 11 is 5.77. The standard InChI is InChI=1S/C17H23ClN2O/c1-3-4-8-15-12-14-7-5-6-9-16(14)17(19-15)21-11-10-20(2)13-18/h5-7,9,12H,3-4,8,10-11,13H2,1-2H3. The molecule has 2 aromatic rings. The first-order valence-electron chi connectivity index (χ1n) is 7.50. The molecule has 4 heteroatoms. The van der Waals surface area contributed by atoms with Gasteiger partial charge in [0.05, 0.1) is 6.00 Å². The minimum absolute atomic E-state index is 0.508. The van der Waals surface area contributed by atoms with E-state index in [1.165, 1.54) is 11.8 Å². The molecule has 21 heavy (non-hydrogen) atoms. The fraction of sp³-hybridized carbons (Fsp3) is 0.471. The zero-order chi connectivity index (χ0) is 15.1. The van der Waals surface area contributed by atoms with Crippen molar-refractivity contribution in [1.82, 2.24) is 9.88 Å². The fourth-order valence-corrected chi connectivity index (χ4v) is 2.29. The minimum Gasteiger partial charge on any atom is -0.476 e. The van der Waals surface area contributed by atoms with Gasteiger partial charge in [0, 0.05) is 17.6 Å². The molecule has 3 nitrogen and oxygen atoms in total. The van der Waals surface area contributed by atoms with Crippen LogP contribution in [0.25, 0.3) is 10.8 Å². The minimum atomic E-state index is 0.508. The largest absolute Gasteiger partial charge is 0.476 e. The number of unbranched alkanes of at least 4 members (excludes halogenated alkanes) is 1.